The molecule has 0 aliphatic heterocycles. The molecule has 2 heteroatoms. The molecule has 0 amide bonds. The maximum atomic E-state index is 10.4. The first-order valence-electron chi connectivity index (χ1n) is 7.81. The topological polar surface area (TPSA) is 40.5 Å². The molecule has 2 atom stereocenters. The van der Waals surface area contributed by atoms with Crippen LogP contribution in [-0.2, 0) is 6.42 Å². The van der Waals surface area contributed by atoms with E-state index in [2.05, 4.69) is 33.4 Å². The quantitative estimate of drug-likeness (QED) is 0.759. The van der Waals surface area contributed by atoms with Crippen LogP contribution in [0.5, 0.6) is 11.5 Å². The maximum Gasteiger partial charge on any atom is 0.123 e. The van der Waals surface area contributed by atoms with Crippen molar-refractivity contribution in [1.29, 1.82) is 0 Å². The van der Waals surface area contributed by atoms with Crippen molar-refractivity contribution >= 4 is 0 Å². The molecule has 21 heavy (non-hydrogen) atoms. The number of hydrogen-bond acceptors (Lipinski definition) is 2. The highest BCUT2D eigenvalue weighted by molar-refractivity contribution is 5.50. The molecular weight excluding hydrogens is 260 g/mol. The van der Waals surface area contributed by atoms with E-state index in [1.165, 1.54) is 17.2 Å². The zero-order chi connectivity index (χ0) is 15.6. The van der Waals surface area contributed by atoms with E-state index < -0.39 is 0 Å². The molecule has 0 heterocycles. The Balaban J connectivity index is 2.56. The van der Waals surface area contributed by atoms with Crippen LogP contribution in [0, 0.1) is 5.92 Å². The average molecular weight is 286 g/mol. The lowest BCUT2D eigenvalue weighted by atomic mass is 9.72. The monoisotopic (exact) mass is 286 g/mol. The summed E-state index contributed by atoms with van der Waals surface area (Å²) in [4.78, 5) is 0. The van der Waals surface area contributed by atoms with Crippen LogP contribution >= 0.6 is 0 Å². The molecule has 1 aliphatic rings. The average Bonchev–Trinajstić information content (AvgIpc) is 2.37. The van der Waals surface area contributed by atoms with E-state index in [4.69, 9.17) is 0 Å². The van der Waals surface area contributed by atoms with Crippen molar-refractivity contribution in [3.63, 3.8) is 0 Å². The second kappa shape index (κ2) is 6.38. The summed E-state index contributed by atoms with van der Waals surface area (Å²) in [6, 6.07) is 3.26. The van der Waals surface area contributed by atoms with Gasteiger partial charge in [-0.05, 0) is 50.7 Å². The van der Waals surface area contributed by atoms with Crippen molar-refractivity contribution in [2.24, 2.45) is 5.92 Å². The first-order valence-corrected chi connectivity index (χ1v) is 7.81. The van der Waals surface area contributed by atoms with Crippen LogP contribution in [0.4, 0.5) is 0 Å². The van der Waals surface area contributed by atoms with E-state index >= 15 is 0 Å². The van der Waals surface area contributed by atoms with Gasteiger partial charge < -0.3 is 10.2 Å². The minimum atomic E-state index is 0.142. The Hall–Kier alpha value is -1.70. The second-order valence-corrected chi connectivity index (χ2v) is 6.32. The number of rotatable bonds is 4. The van der Waals surface area contributed by atoms with Gasteiger partial charge in [-0.1, -0.05) is 37.1 Å². The van der Waals surface area contributed by atoms with Crippen LogP contribution in [0.25, 0.3) is 0 Å². The molecule has 1 aromatic rings. The van der Waals surface area contributed by atoms with Crippen molar-refractivity contribution in [3.05, 3.63) is 47.1 Å². The number of aromatic hydroxyl groups is 2. The molecule has 114 valence electrons. The van der Waals surface area contributed by atoms with E-state index in [1.807, 2.05) is 0 Å². The zero-order valence-electron chi connectivity index (χ0n) is 13.3. The van der Waals surface area contributed by atoms with Crippen molar-refractivity contribution in [1.82, 2.24) is 0 Å². The molecule has 0 saturated heterocycles. The Morgan fingerprint density at radius 3 is 2.67 bits per heavy atom. The summed E-state index contributed by atoms with van der Waals surface area (Å²) in [7, 11) is 0. The molecule has 0 saturated carbocycles. The first-order chi connectivity index (χ1) is 9.93. The van der Waals surface area contributed by atoms with Crippen molar-refractivity contribution < 1.29 is 10.2 Å². The molecule has 1 unspecified atom stereocenters. The van der Waals surface area contributed by atoms with Gasteiger partial charge in [-0.2, -0.15) is 0 Å². The highest BCUT2D eigenvalue weighted by Crippen LogP contribution is 2.45. The van der Waals surface area contributed by atoms with Gasteiger partial charge in [0.05, 0.1) is 0 Å². The highest BCUT2D eigenvalue weighted by Gasteiger charge is 2.29. The van der Waals surface area contributed by atoms with Gasteiger partial charge in [-0.3, -0.25) is 0 Å². The van der Waals surface area contributed by atoms with Crippen LogP contribution in [0.1, 0.15) is 57.1 Å². The van der Waals surface area contributed by atoms with Crippen molar-refractivity contribution in [2.45, 2.75) is 52.4 Å². The number of phenols is 2. The summed E-state index contributed by atoms with van der Waals surface area (Å²) in [6.45, 7) is 10.5. The fourth-order valence-corrected chi connectivity index (χ4v) is 3.45. The number of hydrogen-bond donors (Lipinski definition) is 2. The third kappa shape index (κ3) is 3.31. The van der Waals surface area contributed by atoms with E-state index in [-0.39, 0.29) is 17.4 Å². The Morgan fingerprint density at radius 1 is 1.33 bits per heavy atom. The Labute approximate surface area is 127 Å². The normalized spacial score (nSPS) is 22.0. The number of allylic oxidation sites excluding steroid dienone is 3. The van der Waals surface area contributed by atoms with Gasteiger partial charge in [0.15, 0.2) is 0 Å². The van der Waals surface area contributed by atoms with E-state index in [9.17, 15) is 10.2 Å². The standard InChI is InChI=1S/C19H26O2/c1-5-6-14-10-15(20)11-18(21)19(14)17-9-13(4)7-8-16(17)12(2)3/h9-11,16-17,20-21H,2,5-8H2,1,3-4H3/t16?,17-/m1/s1. The van der Waals surface area contributed by atoms with Crippen LogP contribution in [0.3, 0.4) is 0 Å². The number of benzene rings is 1. The summed E-state index contributed by atoms with van der Waals surface area (Å²) < 4.78 is 0. The van der Waals surface area contributed by atoms with Gasteiger partial charge in [-0.15, -0.1) is 0 Å². The Bertz CT molecular complexity index is 569. The predicted octanol–water partition coefficient (Wildman–Crippen LogP) is 5.07. The van der Waals surface area contributed by atoms with Crippen LogP contribution in [-0.4, -0.2) is 10.2 Å². The fraction of sp³-hybridized carbons (Fsp3) is 0.474. The van der Waals surface area contributed by atoms with Gasteiger partial charge >= 0.3 is 0 Å². The Morgan fingerprint density at radius 2 is 2.05 bits per heavy atom. The van der Waals surface area contributed by atoms with Gasteiger partial charge in [0.1, 0.15) is 11.5 Å². The summed E-state index contributed by atoms with van der Waals surface area (Å²) in [5, 5.41) is 20.2. The van der Waals surface area contributed by atoms with E-state index in [1.54, 1.807) is 6.07 Å². The number of aryl methyl sites for hydroxylation is 1. The van der Waals surface area contributed by atoms with Gasteiger partial charge in [0.25, 0.3) is 0 Å². The number of phenolic OH excluding ortho intramolecular Hbond substituents is 2. The van der Waals surface area contributed by atoms with Gasteiger partial charge in [-0.25, -0.2) is 0 Å². The second-order valence-electron chi connectivity index (χ2n) is 6.32. The minimum absolute atomic E-state index is 0.142. The fourth-order valence-electron chi connectivity index (χ4n) is 3.45. The molecule has 0 spiro atoms. The third-order valence-electron chi connectivity index (χ3n) is 4.46. The molecular formula is C19H26O2. The molecule has 2 nitrogen and oxygen atoms in total. The molecule has 2 rings (SSSR count). The summed E-state index contributed by atoms with van der Waals surface area (Å²) in [5.74, 6) is 0.877. The summed E-state index contributed by atoms with van der Waals surface area (Å²) in [5.41, 5.74) is 4.56. The zero-order valence-corrected chi connectivity index (χ0v) is 13.3. The molecule has 0 fully saturated rings. The minimum Gasteiger partial charge on any atom is -0.508 e. The first kappa shape index (κ1) is 15.7. The molecule has 0 radical (unpaired) electrons. The molecule has 0 aromatic heterocycles. The van der Waals surface area contributed by atoms with Gasteiger partial charge in [0.2, 0.25) is 0 Å². The SMILES string of the molecule is C=C(C)C1CCC(C)=C[C@H]1c1c(O)cc(O)cc1CCC. The van der Waals surface area contributed by atoms with Crippen molar-refractivity contribution in [2.75, 3.05) is 0 Å². The molecule has 1 aromatic carbocycles. The Kier molecular flexibility index (Phi) is 4.76. The smallest absolute Gasteiger partial charge is 0.123 e. The molecule has 2 N–H and O–H groups in total. The lowest BCUT2D eigenvalue weighted by Gasteiger charge is -2.32. The lowest BCUT2D eigenvalue weighted by Crippen LogP contribution is -2.18. The van der Waals surface area contributed by atoms with Crippen molar-refractivity contribution in [3.8, 4) is 11.5 Å². The molecule has 0 bridgehead atoms. The van der Waals surface area contributed by atoms with Crippen LogP contribution in [0.2, 0.25) is 0 Å². The third-order valence-corrected chi connectivity index (χ3v) is 4.46. The summed E-state index contributed by atoms with van der Waals surface area (Å²) >= 11 is 0. The molecule has 1 aliphatic carbocycles. The van der Waals surface area contributed by atoms with Gasteiger partial charge in [0, 0.05) is 17.5 Å². The maximum absolute atomic E-state index is 10.4. The van der Waals surface area contributed by atoms with Crippen LogP contribution < -0.4 is 0 Å². The van der Waals surface area contributed by atoms with Crippen LogP contribution in [0.15, 0.2) is 35.9 Å². The van der Waals surface area contributed by atoms with E-state index in [0.29, 0.717) is 5.92 Å². The lowest BCUT2D eigenvalue weighted by molar-refractivity contribution is 0.423. The summed E-state index contributed by atoms with van der Waals surface area (Å²) in [6.07, 6.45) is 6.30. The predicted molar refractivity (Wildman–Crippen MR) is 87.8 cm³/mol. The highest BCUT2D eigenvalue weighted by atomic mass is 16.3. The largest absolute Gasteiger partial charge is 0.508 e. The van der Waals surface area contributed by atoms with E-state index in [0.717, 1.165) is 36.8 Å².